The number of benzene rings is 2. The van der Waals surface area contributed by atoms with Crippen molar-refractivity contribution in [2.75, 3.05) is 30.3 Å². The molecule has 36 heavy (non-hydrogen) atoms. The summed E-state index contributed by atoms with van der Waals surface area (Å²) in [5.74, 6) is 0.691. The molecule has 1 heterocycles. The summed E-state index contributed by atoms with van der Waals surface area (Å²) in [6.45, 7) is 14.4. The van der Waals surface area contributed by atoms with Crippen molar-refractivity contribution < 1.29 is 14.3 Å². The fourth-order valence-electron chi connectivity index (χ4n) is 4.88. The Morgan fingerprint density at radius 2 is 1.50 bits per heavy atom. The van der Waals surface area contributed by atoms with E-state index in [9.17, 15) is 9.59 Å². The van der Waals surface area contributed by atoms with E-state index >= 15 is 0 Å². The van der Waals surface area contributed by atoms with E-state index in [-0.39, 0.29) is 5.91 Å². The summed E-state index contributed by atoms with van der Waals surface area (Å²) in [6.07, 6.45) is 2.22. The lowest BCUT2D eigenvalue weighted by Crippen LogP contribution is -2.56. The molecule has 0 bridgehead atoms. The van der Waals surface area contributed by atoms with E-state index < -0.39 is 11.7 Å². The highest BCUT2D eigenvalue weighted by molar-refractivity contribution is 6.06. The Hall–Kier alpha value is -2.90. The highest BCUT2D eigenvalue weighted by atomic mass is 16.6. The molecule has 2 atom stereocenters. The van der Waals surface area contributed by atoms with Crippen LogP contribution >= 0.6 is 0 Å². The Bertz CT molecular complexity index is 1050. The maximum absolute atomic E-state index is 12.9. The van der Waals surface area contributed by atoms with Gasteiger partial charge in [0.1, 0.15) is 5.60 Å². The molecule has 7 heteroatoms. The molecule has 1 saturated heterocycles. The molecule has 4 rings (SSSR count). The van der Waals surface area contributed by atoms with Crippen molar-refractivity contribution in [3.05, 3.63) is 59.7 Å². The largest absolute Gasteiger partial charge is 0.444 e. The minimum absolute atomic E-state index is 0.226. The number of amides is 2. The summed E-state index contributed by atoms with van der Waals surface area (Å²) in [4.78, 5) is 30.3. The van der Waals surface area contributed by atoms with Crippen LogP contribution in [0.15, 0.2) is 48.5 Å². The van der Waals surface area contributed by atoms with E-state index in [2.05, 4.69) is 34.3 Å². The van der Waals surface area contributed by atoms with Crippen LogP contribution in [0, 0.1) is 5.92 Å². The van der Waals surface area contributed by atoms with Gasteiger partial charge in [-0.2, -0.15) is 0 Å². The molecule has 2 N–H and O–H groups in total. The van der Waals surface area contributed by atoms with Crippen molar-refractivity contribution in [3.8, 4) is 0 Å². The molecule has 0 radical (unpaired) electrons. The average Bonchev–Trinajstić information content (AvgIpc) is 3.61. The second-order valence-corrected chi connectivity index (χ2v) is 11.4. The molecule has 1 aliphatic carbocycles. The number of nitrogens with one attached hydrogen (secondary N) is 2. The minimum atomic E-state index is -0.607. The molecular weight excluding hydrogens is 452 g/mol. The molecule has 0 unspecified atom stereocenters. The zero-order chi connectivity index (χ0) is 25.9. The third-order valence-corrected chi connectivity index (χ3v) is 6.78. The highest BCUT2D eigenvalue weighted by Gasteiger charge is 2.33. The van der Waals surface area contributed by atoms with Gasteiger partial charge in [0.05, 0.1) is 11.4 Å². The summed E-state index contributed by atoms with van der Waals surface area (Å²) in [5.41, 5.74) is 2.17. The summed E-state index contributed by atoms with van der Waals surface area (Å²) < 4.78 is 5.33. The minimum Gasteiger partial charge on any atom is -0.444 e. The number of rotatable bonds is 7. The van der Waals surface area contributed by atoms with Crippen LogP contribution in [0.2, 0.25) is 0 Å². The van der Waals surface area contributed by atoms with Gasteiger partial charge in [-0.1, -0.05) is 24.3 Å². The maximum Gasteiger partial charge on any atom is 0.412 e. The number of hydrogen-bond acceptors (Lipinski definition) is 5. The maximum atomic E-state index is 12.9. The number of para-hydroxylation sites is 2. The average molecular weight is 493 g/mol. The second-order valence-electron chi connectivity index (χ2n) is 11.4. The predicted octanol–water partition coefficient (Wildman–Crippen LogP) is 5.59. The zero-order valence-corrected chi connectivity index (χ0v) is 22.2. The number of carbonyl (C=O) groups is 2. The lowest BCUT2D eigenvalue weighted by molar-refractivity contribution is 0.0317. The lowest BCUT2D eigenvalue weighted by Gasteiger charge is -2.44. The zero-order valence-electron chi connectivity index (χ0n) is 22.2. The number of carbonyl (C=O) groups excluding carboxylic acids is 2. The third kappa shape index (κ3) is 7.31. The Labute approximate surface area is 215 Å². The number of ether oxygens (including phenoxy) is 1. The summed E-state index contributed by atoms with van der Waals surface area (Å²) in [7, 11) is 0. The molecule has 2 aliphatic rings. The fourth-order valence-corrected chi connectivity index (χ4v) is 4.88. The summed E-state index contributed by atoms with van der Waals surface area (Å²) in [6, 6.07) is 16.0. The van der Waals surface area contributed by atoms with E-state index in [0.717, 1.165) is 25.6 Å². The number of piperazine rings is 1. The van der Waals surface area contributed by atoms with Gasteiger partial charge in [0.2, 0.25) is 0 Å². The molecule has 0 aromatic heterocycles. The van der Waals surface area contributed by atoms with Gasteiger partial charge in [0, 0.05) is 43.8 Å². The van der Waals surface area contributed by atoms with Crippen molar-refractivity contribution in [2.24, 2.45) is 5.92 Å². The van der Waals surface area contributed by atoms with Crippen LogP contribution in [0.3, 0.4) is 0 Å². The molecule has 2 aromatic carbocycles. The monoisotopic (exact) mass is 492 g/mol. The standard InChI is InChI=1S/C29H40N4O3/c1-20-16-32(17-21(2)33(20)19-23-10-11-23)18-22-12-14-24(15-13-22)27(34)30-25-8-6-7-9-26(25)31-28(35)36-29(3,4)5/h6-9,12-15,20-21,23H,10-11,16-19H2,1-5H3,(H,30,34)(H,31,35)/t20-,21+. The first-order chi connectivity index (χ1) is 17.1. The van der Waals surface area contributed by atoms with Gasteiger partial charge >= 0.3 is 6.09 Å². The van der Waals surface area contributed by atoms with Crippen molar-refractivity contribution in [1.82, 2.24) is 9.80 Å². The van der Waals surface area contributed by atoms with Gasteiger partial charge in [-0.15, -0.1) is 0 Å². The second kappa shape index (κ2) is 11.0. The first-order valence-corrected chi connectivity index (χ1v) is 13.0. The third-order valence-electron chi connectivity index (χ3n) is 6.78. The van der Waals surface area contributed by atoms with E-state index in [1.54, 1.807) is 39.0 Å². The molecule has 194 valence electrons. The van der Waals surface area contributed by atoms with E-state index in [1.165, 1.54) is 24.9 Å². The molecule has 2 aromatic rings. The molecule has 7 nitrogen and oxygen atoms in total. The van der Waals surface area contributed by atoms with Crippen molar-refractivity contribution >= 4 is 23.4 Å². The molecule has 0 spiro atoms. The molecule has 2 fully saturated rings. The van der Waals surface area contributed by atoms with E-state index in [4.69, 9.17) is 4.74 Å². The summed E-state index contributed by atoms with van der Waals surface area (Å²) >= 11 is 0. The Kier molecular flexibility index (Phi) is 8.00. The van der Waals surface area contributed by atoms with Gasteiger partial charge in [-0.05, 0) is 83.2 Å². The van der Waals surface area contributed by atoms with Gasteiger partial charge in [0.15, 0.2) is 0 Å². The van der Waals surface area contributed by atoms with Gasteiger partial charge in [-0.3, -0.25) is 19.9 Å². The van der Waals surface area contributed by atoms with Crippen LogP contribution in [0.4, 0.5) is 16.2 Å². The predicted molar refractivity (Wildman–Crippen MR) is 144 cm³/mol. The van der Waals surface area contributed by atoms with Crippen LogP contribution in [-0.2, 0) is 11.3 Å². The smallest absolute Gasteiger partial charge is 0.412 e. The quantitative estimate of drug-likeness (QED) is 0.527. The Morgan fingerprint density at radius 1 is 0.917 bits per heavy atom. The van der Waals surface area contributed by atoms with Crippen molar-refractivity contribution in [1.29, 1.82) is 0 Å². The van der Waals surface area contributed by atoms with Crippen LogP contribution < -0.4 is 10.6 Å². The SMILES string of the molecule is C[C@@H]1CN(Cc2ccc(C(=O)Nc3ccccc3NC(=O)OC(C)(C)C)cc2)C[C@H](C)N1CC1CC1. The molecule has 1 aliphatic heterocycles. The number of hydrogen-bond donors (Lipinski definition) is 2. The van der Waals surface area contributed by atoms with Crippen LogP contribution in [-0.4, -0.2) is 59.1 Å². The van der Waals surface area contributed by atoms with Crippen molar-refractivity contribution in [2.45, 2.75) is 71.7 Å². The number of nitrogens with zero attached hydrogens (tertiary/aromatic N) is 2. The van der Waals surface area contributed by atoms with E-state index in [0.29, 0.717) is 29.0 Å². The first-order valence-electron chi connectivity index (χ1n) is 13.0. The van der Waals surface area contributed by atoms with Crippen LogP contribution in [0.1, 0.15) is 63.4 Å². The highest BCUT2D eigenvalue weighted by Crippen LogP contribution is 2.32. The fraction of sp³-hybridized carbons (Fsp3) is 0.517. The Balaban J connectivity index is 1.33. The normalized spacial score (nSPS) is 21.1. The van der Waals surface area contributed by atoms with Gasteiger partial charge in [0.25, 0.3) is 5.91 Å². The molecular formula is C29H40N4O3. The van der Waals surface area contributed by atoms with Gasteiger partial charge < -0.3 is 10.1 Å². The first kappa shape index (κ1) is 26.2. The summed E-state index contributed by atoms with van der Waals surface area (Å²) in [5, 5.41) is 5.63. The van der Waals surface area contributed by atoms with E-state index in [1.807, 2.05) is 30.3 Å². The number of anilines is 2. The lowest BCUT2D eigenvalue weighted by atomic mass is 10.1. The van der Waals surface area contributed by atoms with Crippen LogP contribution in [0.25, 0.3) is 0 Å². The van der Waals surface area contributed by atoms with Gasteiger partial charge in [-0.25, -0.2) is 4.79 Å². The van der Waals surface area contributed by atoms with Crippen LogP contribution in [0.5, 0.6) is 0 Å². The topological polar surface area (TPSA) is 73.9 Å². The van der Waals surface area contributed by atoms with Crippen molar-refractivity contribution in [3.63, 3.8) is 0 Å². The Morgan fingerprint density at radius 3 is 2.06 bits per heavy atom. The molecule has 2 amide bonds. The molecule has 1 saturated carbocycles.